The number of nitriles is 1. The predicted octanol–water partition coefficient (Wildman–Crippen LogP) is 2.08. The second-order valence-corrected chi connectivity index (χ2v) is 3.81. The van der Waals surface area contributed by atoms with Crippen LogP contribution in [0.25, 0.3) is 0 Å². The molecule has 0 saturated carbocycles. The van der Waals surface area contributed by atoms with Gasteiger partial charge in [-0.05, 0) is 25.7 Å². The molecule has 1 saturated heterocycles. The molecule has 0 bridgehead atoms. The summed E-state index contributed by atoms with van der Waals surface area (Å²) in [5.41, 5.74) is 0. The van der Waals surface area contributed by atoms with Crippen LogP contribution in [0.1, 0.15) is 44.9 Å². The van der Waals surface area contributed by atoms with Gasteiger partial charge < -0.3 is 4.90 Å². The first-order chi connectivity index (χ1) is 6.84. The molecule has 0 aliphatic carbocycles. The van der Waals surface area contributed by atoms with E-state index in [1.165, 1.54) is 12.8 Å². The van der Waals surface area contributed by atoms with Crippen LogP contribution < -0.4 is 0 Å². The maximum absolute atomic E-state index is 11.5. The number of carbonyl (C=O) groups is 1. The summed E-state index contributed by atoms with van der Waals surface area (Å²) in [6.07, 6.45) is 6.51. The first kappa shape index (κ1) is 11.0. The minimum absolute atomic E-state index is 0.305. The van der Waals surface area contributed by atoms with Crippen molar-refractivity contribution in [2.45, 2.75) is 44.9 Å². The van der Waals surface area contributed by atoms with Gasteiger partial charge in [0.1, 0.15) is 0 Å². The first-order valence-corrected chi connectivity index (χ1v) is 5.49. The van der Waals surface area contributed by atoms with Gasteiger partial charge in [0.05, 0.1) is 6.07 Å². The molecule has 0 radical (unpaired) electrons. The Hall–Kier alpha value is -1.04. The smallest absolute Gasteiger partial charge is 0.222 e. The van der Waals surface area contributed by atoms with E-state index in [2.05, 4.69) is 6.07 Å². The Bertz CT molecular complexity index is 214. The summed E-state index contributed by atoms with van der Waals surface area (Å²) >= 11 is 0. The molecule has 1 aliphatic heterocycles. The van der Waals surface area contributed by atoms with Gasteiger partial charge in [0.15, 0.2) is 0 Å². The van der Waals surface area contributed by atoms with Gasteiger partial charge in [0.2, 0.25) is 5.91 Å². The van der Waals surface area contributed by atoms with Crippen LogP contribution in [0.4, 0.5) is 0 Å². The van der Waals surface area contributed by atoms with Crippen molar-refractivity contribution in [1.82, 2.24) is 4.90 Å². The number of hydrogen-bond donors (Lipinski definition) is 0. The minimum Gasteiger partial charge on any atom is -0.343 e. The molecular weight excluding hydrogens is 176 g/mol. The average Bonchev–Trinajstić information content (AvgIpc) is 2.70. The van der Waals surface area contributed by atoms with Crippen molar-refractivity contribution in [3.8, 4) is 6.07 Å². The highest BCUT2D eigenvalue weighted by Crippen LogP contribution is 2.11. The highest BCUT2D eigenvalue weighted by molar-refractivity contribution is 5.76. The third kappa shape index (κ3) is 3.78. The fraction of sp³-hybridized carbons (Fsp3) is 0.818. The number of nitrogens with zero attached hydrogens (tertiary/aromatic N) is 2. The molecule has 14 heavy (non-hydrogen) atoms. The van der Waals surface area contributed by atoms with E-state index >= 15 is 0 Å². The van der Waals surface area contributed by atoms with Crippen molar-refractivity contribution < 1.29 is 4.79 Å². The van der Waals surface area contributed by atoms with Crippen LogP contribution in [-0.2, 0) is 4.79 Å². The van der Waals surface area contributed by atoms with E-state index in [-0.39, 0.29) is 0 Å². The molecule has 0 atom stereocenters. The Morgan fingerprint density at radius 1 is 1.21 bits per heavy atom. The Morgan fingerprint density at radius 3 is 2.57 bits per heavy atom. The number of amides is 1. The average molecular weight is 194 g/mol. The second-order valence-electron chi connectivity index (χ2n) is 3.81. The zero-order valence-electron chi connectivity index (χ0n) is 8.67. The van der Waals surface area contributed by atoms with Gasteiger partial charge in [-0.3, -0.25) is 4.79 Å². The summed E-state index contributed by atoms with van der Waals surface area (Å²) in [5, 5.41) is 8.32. The minimum atomic E-state index is 0.305. The molecular formula is C11H18N2O. The van der Waals surface area contributed by atoms with Gasteiger partial charge in [-0.25, -0.2) is 0 Å². The number of carbonyl (C=O) groups excluding carboxylic acids is 1. The van der Waals surface area contributed by atoms with E-state index in [1.54, 1.807) is 0 Å². The third-order valence-electron chi connectivity index (χ3n) is 2.64. The Morgan fingerprint density at radius 2 is 1.93 bits per heavy atom. The fourth-order valence-electron chi connectivity index (χ4n) is 1.78. The summed E-state index contributed by atoms with van der Waals surface area (Å²) < 4.78 is 0. The molecule has 0 aromatic heterocycles. The Labute approximate surface area is 85.7 Å². The highest BCUT2D eigenvalue weighted by Gasteiger charge is 2.16. The molecule has 1 amide bonds. The molecule has 0 aromatic carbocycles. The molecule has 3 nitrogen and oxygen atoms in total. The molecule has 0 unspecified atom stereocenters. The van der Waals surface area contributed by atoms with Gasteiger partial charge in [-0.15, -0.1) is 0 Å². The molecule has 1 heterocycles. The molecule has 1 aliphatic rings. The summed E-state index contributed by atoms with van der Waals surface area (Å²) in [7, 11) is 0. The maximum Gasteiger partial charge on any atom is 0.222 e. The van der Waals surface area contributed by atoms with Gasteiger partial charge in [0.25, 0.3) is 0 Å². The van der Waals surface area contributed by atoms with Crippen molar-refractivity contribution >= 4 is 5.91 Å². The first-order valence-electron chi connectivity index (χ1n) is 5.49. The normalized spacial score (nSPS) is 15.5. The Balaban J connectivity index is 2.00. The number of likely N-dealkylation sites (tertiary alicyclic amines) is 1. The predicted molar refractivity (Wildman–Crippen MR) is 54.5 cm³/mol. The molecule has 0 N–H and O–H groups in total. The molecule has 78 valence electrons. The van der Waals surface area contributed by atoms with Gasteiger partial charge in [-0.1, -0.05) is 6.42 Å². The zero-order valence-corrected chi connectivity index (χ0v) is 8.67. The van der Waals surface area contributed by atoms with E-state index in [1.807, 2.05) is 4.90 Å². The highest BCUT2D eigenvalue weighted by atomic mass is 16.2. The van der Waals surface area contributed by atoms with Crippen LogP contribution in [0.15, 0.2) is 0 Å². The van der Waals surface area contributed by atoms with Crippen LogP contribution in [0.5, 0.6) is 0 Å². The van der Waals surface area contributed by atoms with Gasteiger partial charge in [0, 0.05) is 25.9 Å². The molecule has 0 spiro atoms. The van der Waals surface area contributed by atoms with Crippen LogP contribution in [0, 0.1) is 11.3 Å². The Kier molecular flexibility index (Phi) is 5.06. The summed E-state index contributed by atoms with van der Waals surface area (Å²) in [6.45, 7) is 1.91. The van der Waals surface area contributed by atoms with Crippen LogP contribution in [-0.4, -0.2) is 23.9 Å². The van der Waals surface area contributed by atoms with E-state index in [0.717, 1.165) is 32.4 Å². The molecule has 1 fully saturated rings. The lowest BCUT2D eigenvalue weighted by Gasteiger charge is -2.14. The molecule has 0 aromatic rings. The van der Waals surface area contributed by atoms with Crippen LogP contribution >= 0.6 is 0 Å². The standard InChI is InChI=1S/C11H18N2O/c12-8-4-2-1-3-7-11(14)13-9-5-6-10-13/h1-7,9-10H2. The summed E-state index contributed by atoms with van der Waals surface area (Å²) in [5.74, 6) is 0.305. The molecule has 1 rings (SSSR count). The van der Waals surface area contributed by atoms with E-state index < -0.39 is 0 Å². The van der Waals surface area contributed by atoms with E-state index in [0.29, 0.717) is 18.7 Å². The number of hydrogen-bond acceptors (Lipinski definition) is 2. The number of unbranched alkanes of at least 4 members (excludes halogenated alkanes) is 3. The number of rotatable bonds is 5. The topological polar surface area (TPSA) is 44.1 Å². The fourth-order valence-corrected chi connectivity index (χ4v) is 1.78. The quantitative estimate of drug-likeness (QED) is 0.629. The molecule has 3 heteroatoms. The third-order valence-corrected chi connectivity index (χ3v) is 2.64. The zero-order chi connectivity index (χ0) is 10.2. The van der Waals surface area contributed by atoms with Crippen molar-refractivity contribution in [3.63, 3.8) is 0 Å². The lowest BCUT2D eigenvalue weighted by Crippen LogP contribution is -2.27. The van der Waals surface area contributed by atoms with Crippen LogP contribution in [0.3, 0.4) is 0 Å². The van der Waals surface area contributed by atoms with Crippen molar-refractivity contribution in [3.05, 3.63) is 0 Å². The van der Waals surface area contributed by atoms with E-state index in [9.17, 15) is 4.79 Å². The van der Waals surface area contributed by atoms with Crippen molar-refractivity contribution in [2.75, 3.05) is 13.1 Å². The van der Waals surface area contributed by atoms with Crippen molar-refractivity contribution in [2.24, 2.45) is 0 Å². The van der Waals surface area contributed by atoms with Gasteiger partial charge in [-0.2, -0.15) is 5.26 Å². The van der Waals surface area contributed by atoms with E-state index in [4.69, 9.17) is 5.26 Å². The lowest BCUT2D eigenvalue weighted by atomic mass is 10.1. The second kappa shape index (κ2) is 6.42. The largest absolute Gasteiger partial charge is 0.343 e. The monoisotopic (exact) mass is 194 g/mol. The van der Waals surface area contributed by atoms with Crippen LogP contribution in [0.2, 0.25) is 0 Å². The maximum atomic E-state index is 11.5. The van der Waals surface area contributed by atoms with Crippen molar-refractivity contribution in [1.29, 1.82) is 5.26 Å². The van der Waals surface area contributed by atoms with Gasteiger partial charge >= 0.3 is 0 Å². The summed E-state index contributed by atoms with van der Waals surface area (Å²) in [4.78, 5) is 13.5. The SMILES string of the molecule is N#CCCCCCC(=O)N1CCCC1. The summed E-state index contributed by atoms with van der Waals surface area (Å²) in [6, 6.07) is 2.12. The lowest BCUT2D eigenvalue weighted by molar-refractivity contribution is -0.130.